The van der Waals surface area contributed by atoms with E-state index in [1.165, 1.54) is 0 Å². The monoisotopic (exact) mass is 431 g/mol. The number of hydrogen-bond acceptors (Lipinski definition) is 4. The van der Waals surface area contributed by atoms with Gasteiger partial charge in [0, 0.05) is 53.0 Å². The second kappa shape index (κ2) is 9.45. The molecule has 1 heterocycles. The third-order valence-electron chi connectivity index (χ3n) is 6.20. The van der Waals surface area contributed by atoms with Crippen LogP contribution in [-0.4, -0.2) is 31.4 Å². The third-order valence-corrected chi connectivity index (χ3v) is 6.20. The van der Waals surface area contributed by atoms with Crippen molar-refractivity contribution >= 4 is 16.7 Å². The van der Waals surface area contributed by atoms with E-state index in [0.29, 0.717) is 5.75 Å². The van der Waals surface area contributed by atoms with E-state index in [1.807, 2.05) is 18.2 Å². The maximum atomic E-state index is 9.55. The Morgan fingerprint density at radius 2 is 1.62 bits per heavy atom. The second-order valence-corrected chi connectivity index (χ2v) is 7.77. The Hall–Kier alpha value is -3.31. The highest BCUT2D eigenvalue weighted by Gasteiger charge is 2.21. The molecule has 166 valence electrons. The Morgan fingerprint density at radius 3 is 2.31 bits per heavy atom. The zero-order valence-corrected chi connectivity index (χ0v) is 19.3. The van der Waals surface area contributed by atoms with Gasteiger partial charge < -0.3 is 14.2 Å². The first-order chi connectivity index (χ1) is 15.6. The fourth-order valence-corrected chi connectivity index (χ4v) is 4.48. The van der Waals surface area contributed by atoms with Crippen molar-refractivity contribution in [2.75, 3.05) is 31.1 Å². The number of fused-ring (bicyclic) bond motifs is 2. The van der Waals surface area contributed by atoms with Crippen molar-refractivity contribution in [3.63, 3.8) is 0 Å². The van der Waals surface area contributed by atoms with Crippen LogP contribution >= 0.6 is 0 Å². The molecule has 2 aliphatic rings. The second-order valence-electron chi connectivity index (χ2n) is 7.77. The van der Waals surface area contributed by atoms with Crippen LogP contribution in [0.4, 0.5) is 5.69 Å². The molecule has 0 saturated heterocycles. The van der Waals surface area contributed by atoms with Crippen LogP contribution in [-0.2, 0) is 0 Å². The van der Waals surface area contributed by atoms with Gasteiger partial charge in [-0.05, 0) is 52.0 Å². The smallest absolute Gasteiger partial charge is 0.203 e. The minimum absolute atomic E-state index is 0.418. The summed E-state index contributed by atoms with van der Waals surface area (Å²) >= 11 is 0. The molecule has 5 heteroatoms. The number of anilines is 1. The first-order valence-electron chi connectivity index (χ1n) is 11.4. The molecule has 1 N–H and O–H groups in total. The van der Waals surface area contributed by atoms with E-state index in [0.717, 1.165) is 70.6 Å². The van der Waals surface area contributed by atoms with Crippen LogP contribution in [0.25, 0.3) is 33.4 Å². The van der Waals surface area contributed by atoms with Gasteiger partial charge >= 0.3 is 0 Å². The van der Waals surface area contributed by atoms with Gasteiger partial charge in [0.2, 0.25) is 5.36 Å². The number of benzene rings is 3. The molecule has 0 amide bonds. The van der Waals surface area contributed by atoms with Crippen molar-refractivity contribution in [2.24, 2.45) is 0 Å². The average Bonchev–Trinajstić information content (AvgIpc) is 2.84. The van der Waals surface area contributed by atoms with Crippen LogP contribution in [0.2, 0.25) is 0 Å². The maximum Gasteiger partial charge on any atom is 0.203 e. The van der Waals surface area contributed by atoms with Gasteiger partial charge in [0.05, 0.1) is 6.07 Å². The molecule has 0 atom stereocenters. The summed E-state index contributed by atoms with van der Waals surface area (Å²) < 4.78 is 8.79. The lowest BCUT2D eigenvalue weighted by Crippen LogP contribution is -2.29. The standard InChI is InChI=1S/C27H30N2O3/c1-5-28(6-2)19-13-15-22-25(17-19)31-26-18-20(29(7-3)8-4)14-16-23(26)27(22)21-11-9-10-12-24(21)32-30/h9-18H,5-8H2,1-4H3/p+1. The lowest BCUT2D eigenvalue weighted by Gasteiger charge is -2.22. The summed E-state index contributed by atoms with van der Waals surface area (Å²) in [5.74, 6) is 1.23. The van der Waals surface area contributed by atoms with Crippen LogP contribution in [0.1, 0.15) is 27.7 Å². The van der Waals surface area contributed by atoms with Gasteiger partial charge in [0.1, 0.15) is 24.4 Å². The number of para-hydroxylation sites is 1. The van der Waals surface area contributed by atoms with Crippen molar-refractivity contribution in [1.29, 1.82) is 0 Å². The number of rotatable bonds is 7. The Bertz CT molecular complexity index is 1270. The first kappa shape index (κ1) is 21.9. The van der Waals surface area contributed by atoms with Crippen LogP contribution < -0.4 is 19.7 Å². The van der Waals surface area contributed by atoms with E-state index in [4.69, 9.17) is 9.30 Å². The molecule has 0 bridgehead atoms. The van der Waals surface area contributed by atoms with Crippen LogP contribution in [0, 0.1) is 0 Å². The van der Waals surface area contributed by atoms with Crippen LogP contribution in [0.5, 0.6) is 5.75 Å². The molecule has 4 rings (SSSR count). The quantitative estimate of drug-likeness (QED) is 0.176. The van der Waals surface area contributed by atoms with E-state index in [9.17, 15) is 5.26 Å². The van der Waals surface area contributed by atoms with E-state index >= 15 is 0 Å². The van der Waals surface area contributed by atoms with Crippen molar-refractivity contribution in [3.05, 3.63) is 66.0 Å². The van der Waals surface area contributed by atoms with Gasteiger partial charge in [-0.2, -0.15) is 0 Å². The van der Waals surface area contributed by atoms with E-state index in [1.54, 1.807) is 6.07 Å². The molecule has 5 nitrogen and oxygen atoms in total. The highest BCUT2D eigenvalue weighted by atomic mass is 17.1. The van der Waals surface area contributed by atoms with Crippen LogP contribution in [0.15, 0.2) is 65.1 Å². The molecule has 0 fully saturated rings. The van der Waals surface area contributed by atoms with Gasteiger partial charge in [-0.1, -0.05) is 18.2 Å². The summed E-state index contributed by atoms with van der Waals surface area (Å²) in [5.41, 5.74) is 4.73. The first-order valence-corrected chi connectivity index (χ1v) is 11.4. The van der Waals surface area contributed by atoms with Crippen molar-refractivity contribution < 1.29 is 14.6 Å². The predicted molar refractivity (Wildman–Crippen MR) is 131 cm³/mol. The highest BCUT2D eigenvalue weighted by molar-refractivity contribution is 6.03. The van der Waals surface area contributed by atoms with E-state index in [-0.39, 0.29) is 0 Å². The fraction of sp³-hybridized carbons (Fsp3) is 0.296. The fourth-order valence-electron chi connectivity index (χ4n) is 4.48. The van der Waals surface area contributed by atoms with Crippen molar-refractivity contribution in [2.45, 2.75) is 27.7 Å². The molecule has 0 spiro atoms. The summed E-state index contributed by atoms with van der Waals surface area (Å²) in [6, 6.07) is 20.2. The normalized spacial score (nSPS) is 11.2. The number of hydrogen-bond donors (Lipinski definition) is 1. The Labute approximate surface area is 189 Å². The van der Waals surface area contributed by atoms with Crippen molar-refractivity contribution in [3.8, 4) is 28.2 Å². The van der Waals surface area contributed by atoms with Gasteiger partial charge in [-0.25, -0.2) is 9.83 Å². The zero-order valence-electron chi connectivity index (χ0n) is 19.3. The highest BCUT2D eigenvalue weighted by Crippen LogP contribution is 2.43. The molecule has 1 aliphatic carbocycles. The predicted octanol–water partition coefficient (Wildman–Crippen LogP) is 5.71. The van der Waals surface area contributed by atoms with E-state index in [2.05, 4.69) is 73.6 Å². The molecular formula is C27H31N2O3+. The van der Waals surface area contributed by atoms with Crippen molar-refractivity contribution in [1.82, 2.24) is 4.58 Å². The minimum atomic E-state index is 0.418. The lowest BCUT2D eigenvalue weighted by atomic mass is 9.93. The maximum absolute atomic E-state index is 9.55. The molecule has 2 aromatic rings. The van der Waals surface area contributed by atoms with Gasteiger partial charge in [0.25, 0.3) is 0 Å². The summed E-state index contributed by atoms with van der Waals surface area (Å²) in [7, 11) is 0. The Balaban J connectivity index is 2.11. The molecule has 0 aromatic heterocycles. The molecule has 32 heavy (non-hydrogen) atoms. The summed E-state index contributed by atoms with van der Waals surface area (Å²) in [6.07, 6.45) is 0. The van der Waals surface area contributed by atoms with Crippen LogP contribution in [0.3, 0.4) is 0 Å². The molecular weight excluding hydrogens is 400 g/mol. The van der Waals surface area contributed by atoms with Gasteiger partial charge in [-0.15, -0.1) is 0 Å². The average molecular weight is 432 g/mol. The lowest BCUT2D eigenvalue weighted by molar-refractivity contribution is -0.137. The SMILES string of the molecule is CCN(CC)c1ccc2c(-c3ccccc3OO)c3ccc(=[N+](CC)CC)cc-3oc2c1. The summed E-state index contributed by atoms with van der Waals surface area (Å²) in [4.78, 5) is 7.05. The zero-order chi connectivity index (χ0) is 22.7. The minimum Gasteiger partial charge on any atom is -0.456 e. The van der Waals surface area contributed by atoms with E-state index < -0.39 is 0 Å². The molecule has 0 unspecified atom stereocenters. The third kappa shape index (κ3) is 3.84. The Kier molecular flexibility index (Phi) is 6.47. The molecule has 1 aliphatic heterocycles. The molecule has 2 aromatic carbocycles. The van der Waals surface area contributed by atoms with Gasteiger partial charge in [0.15, 0.2) is 5.75 Å². The summed E-state index contributed by atoms with van der Waals surface area (Å²) in [6.45, 7) is 12.3. The Morgan fingerprint density at radius 1 is 0.875 bits per heavy atom. The number of nitrogens with zero attached hydrogens (tertiary/aromatic N) is 2. The largest absolute Gasteiger partial charge is 0.456 e. The molecule has 0 radical (unpaired) electrons. The van der Waals surface area contributed by atoms with Gasteiger partial charge in [-0.3, -0.25) is 0 Å². The topological polar surface area (TPSA) is 48.9 Å². The molecule has 0 saturated carbocycles. The summed E-state index contributed by atoms with van der Waals surface area (Å²) in [5, 5.41) is 11.7.